The van der Waals surface area contributed by atoms with E-state index in [1.807, 2.05) is 60.7 Å². The van der Waals surface area contributed by atoms with Gasteiger partial charge in [-0.15, -0.1) is 5.10 Å². The van der Waals surface area contributed by atoms with Crippen LogP contribution in [0.4, 0.5) is 5.69 Å². The van der Waals surface area contributed by atoms with Gasteiger partial charge in [-0.25, -0.2) is 4.68 Å². The first-order chi connectivity index (χ1) is 19.2. The van der Waals surface area contributed by atoms with Crippen molar-refractivity contribution in [1.82, 2.24) is 24.9 Å². The minimum atomic E-state index is -0.945. The fraction of sp³-hybridized carbons (Fsp3) is 0.138. The SMILES string of the molecule is O=C(Nc1ccc2c(c1)OCO2)[C@@H](c1ccccc1)N(Cc1cccnc1)C(=O)Cn1nnc2ccccc21. The molecule has 2 amide bonds. The second kappa shape index (κ2) is 10.6. The van der Waals surface area contributed by atoms with E-state index in [1.54, 1.807) is 46.2 Å². The highest BCUT2D eigenvalue weighted by molar-refractivity contribution is 5.98. The van der Waals surface area contributed by atoms with Gasteiger partial charge in [-0.1, -0.05) is 53.7 Å². The van der Waals surface area contributed by atoms with Gasteiger partial charge in [0.15, 0.2) is 11.5 Å². The van der Waals surface area contributed by atoms with Crippen LogP contribution in [0, 0.1) is 0 Å². The van der Waals surface area contributed by atoms with Crippen molar-refractivity contribution in [3.8, 4) is 11.5 Å². The number of amides is 2. The van der Waals surface area contributed by atoms with Crippen molar-refractivity contribution >= 4 is 28.5 Å². The Kier molecular flexibility index (Phi) is 6.57. The van der Waals surface area contributed by atoms with Crippen LogP contribution in [0.15, 0.2) is 97.3 Å². The van der Waals surface area contributed by atoms with E-state index >= 15 is 0 Å². The second-order valence-corrected chi connectivity index (χ2v) is 8.99. The molecule has 1 aliphatic rings. The number of nitrogens with zero attached hydrogens (tertiary/aromatic N) is 5. The smallest absolute Gasteiger partial charge is 0.251 e. The molecule has 0 aliphatic carbocycles. The molecule has 0 bridgehead atoms. The Labute approximate surface area is 223 Å². The van der Waals surface area contributed by atoms with Crippen LogP contribution in [-0.4, -0.2) is 43.5 Å². The molecule has 1 N–H and O–H groups in total. The number of para-hydroxylation sites is 1. The third-order valence-corrected chi connectivity index (χ3v) is 6.42. The Morgan fingerprint density at radius 1 is 0.949 bits per heavy atom. The van der Waals surface area contributed by atoms with Gasteiger partial charge in [0.2, 0.25) is 12.7 Å². The fourth-order valence-corrected chi connectivity index (χ4v) is 4.56. The molecule has 0 unspecified atom stereocenters. The minimum Gasteiger partial charge on any atom is -0.454 e. The number of carbonyl (C=O) groups excluding carboxylic acids is 2. The molecule has 3 heterocycles. The number of pyridine rings is 1. The number of ether oxygens (including phenoxy) is 2. The Balaban J connectivity index is 1.36. The van der Waals surface area contributed by atoms with Crippen LogP contribution >= 0.6 is 0 Å². The maximum absolute atomic E-state index is 14.0. The molecule has 6 rings (SSSR count). The number of anilines is 1. The average Bonchev–Trinajstić information content (AvgIpc) is 3.61. The van der Waals surface area contributed by atoms with Gasteiger partial charge in [-0.3, -0.25) is 14.6 Å². The topological polar surface area (TPSA) is 111 Å². The molecule has 1 atom stereocenters. The summed E-state index contributed by atoms with van der Waals surface area (Å²) in [4.78, 5) is 33.7. The van der Waals surface area contributed by atoms with Gasteiger partial charge < -0.3 is 19.7 Å². The predicted octanol–water partition coefficient (Wildman–Crippen LogP) is 3.96. The first kappa shape index (κ1) is 24.1. The average molecular weight is 521 g/mol. The summed E-state index contributed by atoms with van der Waals surface area (Å²) in [6, 6.07) is 24.5. The monoisotopic (exact) mass is 520 g/mol. The summed E-state index contributed by atoms with van der Waals surface area (Å²) in [5.41, 5.74) is 3.39. The van der Waals surface area contributed by atoms with Gasteiger partial charge in [0.05, 0.1) is 5.52 Å². The molecule has 0 saturated carbocycles. The minimum absolute atomic E-state index is 0.0958. The maximum Gasteiger partial charge on any atom is 0.251 e. The summed E-state index contributed by atoms with van der Waals surface area (Å²) in [6.45, 7) is 0.193. The lowest BCUT2D eigenvalue weighted by molar-refractivity contribution is -0.140. The van der Waals surface area contributed by atoms with E-state index in [1.165, 1.54) is 0 Å². The summed E-state index contributed by atoms with van der Waals surface area (Å²) in [7, 11) is 0. The van der Waals surface area contributed by atoms with Crippen molar-refractivity contribution in [3.63, 3.8) is 0 Å². The molecule has 194 valence electrons. The summed E-state index contributed by atoms with van der Waals surface area (Å²) in [6.07, 6.45) is 3.35. The van der Waals surface area contributed by atoms with E-state index in [4.69, 9.17) is 9.47 Å². The number of carbonyl (C=O) groups is 2. The lowest BCUT2D eigenvalue weighted by Crippen LogP contribution is -2.42. The number of hydrogen-bond acceptors (Lipinski definition) is 7. The van der Waals surface area contributed by atoms with Crippen molar-refractivity contribution in [2.24, 2.45) is 0 Å². The molecule has 0 saturated heterocycles. The standard InChI is InChI=1S/C29H24N6O4/c36-27(18-35-24-11-5-4-10-23(24)32-33-35)34(17-20-7-6-14-30-16-20)28(21-8-2-1-3-9-21)29(37)31-22-12-13-25-26(15-22)39-19-38-25/h1-16,28H,17-19H2,(H,31,37)/t28-/m1/s1. The Morgan fingerprint density at radius 3 is 2.62 bits per heavy atom. The van der Waals surface area contributed by atoms with Crippen LogP contribution in [0.3, 0.4) is 0 Å². The first-order valence-electron chi connectivity index (χ1n) is 12.4. The molecule has 0 spiro atoms. The van der Waals surface area contributed by atoms with E-state index in [-0.39, 0.29) is 31.7 Å². The number of benzene rings is 3. The summed E-state index contributed by atoms with van der Waals surface area (Å²) in [5.74, 6) is 0.483. The fourth-order valence-electron chi connectivity index (χ4n) is 4.56. The van der Waals surface area contributed by atoms with Crippen LogP contribution in [0.2, 0.25) is 0 Å². The van der Waals surface area contributed by atoms with E-state index in [9.17, 15) is 9.59 Å². The Bertz CT molecular complexity index is 1620. The van der Waals surface area contributed by atoms with Gasteiger partial charge >= 0.3 is 0 Å². The number of fused-ring (bicyclic) bond motifs is 2. The molecule has 5 aromatic rings. The Morgan fingerprint density at radius 2 is 1.77 bits per heavy atom. The number of hydrogen-bond donors (Lipinski definition) is 1. The summed E-state index contributed by atoms with van der Waals surface area (Å²) < 4.78 is 12.4. The van der Waals surface area contributed by atoms with Crippen molar-refractivity contribution in [2.45, 2.75) is 19.1 Å². The van der Waals surface area contributed by atoms with Gasteiger partial charge in [-0.05, 0) is 41.5 Å². The molecule has 10 heteroatoms. The molecule has 10 nitrogen and oxygen atoms in total. The number of aromatic nitrogens is 4. The normalized spacial score (nSPS) is 12.7. The molecule has 1 aliphatic heterocycles. The largest absolute Gasteiger partial charge is 0.454 e. The molecule has 0 fully saturated rings. The molecule has 2 aromatic heterocycles. The third-order valence-electron chi connectivity index (χ3n) is 6.42. The van der Waals surface area contributed by atoms with Crippen LogP contribution in [0.1, 0.15) is 17.2 Å². The van der Waals surface area contributed by atoms with Gasteiger partial charge in [0, 0.05) is 30.7 Å². The molecular weight excluding hydrogens is 496 g/mol. The van der Waals surface area contributed by atoms with Crippen LogP contribution in [0.5, 0.6) is 11.5 Å². The third kappa shape index (κ3) is 5.12. The van der Waals surface area contributed by atoms with Crippen molar-refractivity contribution in [1.29, 1.82) is 0 Å². The van der Waals surface area contributed by atoms with Crippen molar-refractivity contribution in [3.05, 3.63) is 108 Å². The quantitative estimate of drug-likeness (QED) is 0.330. The van der Waals surface area contributed by atoms with E-state index < -0.39 is 6.04 Å². The van der Waals surface area contributed by atoms with Crippen LogP contribution in [0.25, 0.3) is 11.0 Å². The molecule has 3 aromatic carbocycles. The highest BCUT2D eigenvalue weighted by Gasteiger charge is 2.32. The summed E-state index contributed by atoms with van der Waals surface area (Å²) >= 11 is 0. The number of rotatable bonds is 8. The lowest BCUT2D eigenvalue weighted by atomic mass is 10.0. The van der Waals surface area contributed by atoms with E-state index in [0.29, 0.717) is 28.3 Å². The second-order valence-electron chi connectivity index (χ2n) is 8.99. The van der Waals surface area contributed by atoms with Gasteiger partial charge in [0.1, 0.15) is 18.1 Å². The molecular formula is C29H24N6O4. The van der Waals surface area contributed by atoms with Crippen LogP contribution in [-0.2, 0) is 22.7 Å². The van der Waals surface area contributed by atoms with Crippen molar-refractivity contribution < 1.29 is 19.1 Å². The summed E-state index contributed by atoms with van der Waals surface area (Å²) in [5, 5.41) is 11.3. The van der Waals surface area contributed by atoms with E-state index in [2.05, 4.69) is 20.6 Å². The molecule has 0 radical (unpaired) electrons. The molecule has 39 heavy (non-hydrogen) atoms. The van der Waals surface area contributed by atoms with Crippen LogP contribution < -0.4 is 14.8 Å². The van der Waals surface area contributed by atoms with Gasteiger partial charge in [0.25, 0.3) is 5.91 Å². The maximum atomic E-state index is 14.0. The zero-order chi connectivity index (χ0) is 26.6. The first-order valence-corrected chi connectivity index (χ1v) is 12.4. The lowest BCUT2D eigenvalue weighted by Gasteiger charge is -2.31. The van der Waals surface area contributed by atoms with E-state index in [0.717, 1.165) is 11.1 Å². The zero-order valence-corrected chi connectivity index (χ0v) is 20.8. The highest BCUT2D eigenvalue weighted by atomic mass is 16.7. The Hall–Kier alpha value is -5.25. The van der Waals surface area contributed by atoms with Gasteiger partial charge in [-0.2, -0.15) is 0 Å². The van der Waals surface area contributed by atoms with Crippen molar-refractivity contribution in [2.75, 3.05) is 12.1 Å². The predicted molar refractivity (Wildman–Crippen MR) is 143 cm³/mol. The zero-order valence-electron chi connectivity index (χ0n) is 20.8. The number of nitrogens with one attached hydrogen (secondary N) is 1. The highest BCUT2D eigenvalue weighted by Crippen LogP contribution is 2.35.